The molecule has 4 saturated heterocycles. The monoisotopic (exact) mass is 949 g/mol. The molecular weight excluding hydrogens is 891 g/mol. The Morgan fingerprint density at radius 2 is 1.53 bits per heavy atom. The number of rotatable bonds is 11. The number of pyridine rings is 1. The van der Waals surface area contributed by atoms with E-state index in [1.165, 1.54) is 19.3 Å². The Kier molecular flexibility index (Phi) is 12.1. The van der Waals surface area contributed by atoms with Crippen LogP contribution in [0.3, 0.4) is 0 Å². The minimum atomic E-state index is -0.959. The minimum absolute atomic E-state index is 0.103. The smallest absolute Gasteiger partial charge is 0.262 e. The van der Waals surface area contributed by atoms with Crippen molar-refractivity contribution in [2.75, 3.05) is 92.5 Å². The average molecular weight is 950 g/mol. The molecule has 5 amide bonds. The summed E-state index contributed by atoms with van der Waals surface area (Å²) in [7, 11) is 1.85. The Hall–Kier alpha value is -7.06. The fourth-order valence-corrected chi connectivity index (χ4v) is 11.5. The summed E-state index contributed by atoms with van der Waals surface area (Å²) in [5.74, 6) is 0.839. The highest BCUT2D eigenvalue weighted by atomic mass is 16.2. The Labute approximate surface area is 405 Å². The van der Waals surface area contributed by atoms with Gasteiger partial charge in [-0.05, 0) is 136 Å². The molecule has 0 radical (unpaired) electrons. The van der Waals surface area contributed by atoms with E-state index >= 15 is 0 Å². The van der Waals surface area contributed by atoms with Crippen LogP contribution < -0.4 is 25.3 Å². The van der Waals surface area contributed by atoms with E-state index < -0.39 is 23.8 Å². The molecule has 6 aliphatic rings. The number of tetrazole rings is 1. The lowest BCUT2D eigenvalue weighted by molar-refractivity contribution is -0.136. The standard InChI is InChI=1S/C50H59N15O5/c1-30-44(31(2)65-50(59(30)3)56-57-58-65)47(68)52-35-4-7-40-39(28-35)45(55-54-40)34-10-15-51-42(27-34)63-24-22-61(23-25-63)21-20-60-16-11-32(12-17-60)26-33-13-18-62(19-14-33)36-5-6-37-38(29-36)49(70)64(48(37)69)41-8-9-43(66)53-46(41)67/h4-7,10,15,27-29,31-33,41H,8-9,11-14,16-26H2,1-3H3,(H,52,68)(H,54,55)(H,53,66,67)/t31-,41?/m1/s1. The quantitative estimate of drug-likeness (QED) is 0.159. The summed E-state index contributed by atoms with van der Waals surface area (Å²) in [5, 5.41) is 26.2. The summed E-state index contributed by atoms with van der Waals surface area (Å²) in [6.07, 6.45) is 8.04. The molecule has 20 heteroatoms. The molecule has 0 spiro atoms. The molecule has 2 aromatic carbocycles. The number of carbonyl (C=O) groups excluding carboxylic acids is 5. The van der Waals surface area contributed by atoms with Gasteiger partial charge in [0.25, 0.3) is 17.7 Å². The lowest BCUT2D eigenvalue weighted by atomic mass is 9.82. The van der Waals surface area contributed by atoms with Crippen molar-refractivity contribution in [3.8, 4) is 11.3 Å². The van der Waals surface area contributed by atoms with Crippen LogP contribution in [0.2, 0.25) is 0 Å². The number of piperidine rings is 3. The Morgan fingerprint density at radius 1 is 0.800 bits per heavy atom. The van der Waals surface area contributed by atoms with E-state index in [-0.39, 0.29) is 30.7 Å². The lowest BCUT2D eigenvalue weighted by Crippen LogP contribution is -2.54. The topological polar surface area (TPSA) is 214 Å². The van der Waals surface area contributed by atoms with E-state index in [4.69, 9.17) is 10.1 Å². The van der Waals surface area contributed by atoms with Crippen molar-refractivity contribution in [2.24, 2.45) is 11.8 Å². The van der Waals surface area contributed by atoms with Gasteiger partial charge in [0.1, 0.15) is 17.6 Å². The van der Waals surface area contributed by atoms with Gasteiger partial charge in [-0.25, -0.2) is 9.67 Å². The highest BCUT2D eigenvalue weighted by Gasteiger charge is 2.45. The van der Waals surface area contributed by atoms with E-state index in [9.17, 15) is 24.0 Å². The third kappa shape index (κ3) is 8.56. The number of aromatic nitrogens is 7. The number of nitrogens with one attached hydrogen (secondary N) is 3. The number of amides is 5. The largest absolute Gasteiger partial charge is 0.371 e. The van der Waals surface area contributed by atoms with Gasteiger partial charge in [0.15, 0.2) is 0 Å². The van der Waals surface area contributed by atoms with Crippen LogP contribution in [0.5, 0.6) is 0 Å². The normalized spacial score (nSPS) is 22.0. The molecular formula is C50H59N15O5. The second-order valence-electron chi connectivity index (χ2n) is 19.8. The predicted molar refractivity (Wildman–Crippen MR) is 262 cm³/mol. The van der Waals surface area contributed by atoms with Crippen molar-refractivity contribution >= 4 is 63.6 Å². The van der Waals surface area contributed by atoms with Crippen LogP contribution in [0.1, 0.15) is 85.6 Å². The number of likely N-dealkylation sites (tertiary alicyclic amines) is 1. The summed E-state index contributed by atoms with van der Waals surface area (Å²) >= 11 is 0. The van der Waals surface area contributed by atoms with Crippen molar-refractivity contribution in [2.45, 2.75) is 70.9 Å². The number of anilines is 4. The number of aromatic amines is 1. The molecule has 6 aliphatic heterocycles. The van der Waals surface area contributed by atoms with Crippen LogP contribution in [0.15, 0.2) is 66.0 Å². The van der Waals surface area contributed by atoms with Crippen LogP contribution >= 0.6 is 0 Å². The number of carbonyl (C=O) groups is 5. The average Bonchev–Trinajstić information content (AvgIpc) is 4.10. The third-order valence-electron chi connectivity index (χ3n) is 15.7. The Bertz CT molecular complexity index is 2900. The molecule has 5 aromatic rings. The first-order valence-electron chi connectivity index (χ1n) is 24.8. The lowest BCUT2D eigenvalue weighted by Gasteiger charge is -2.39. The fourth-order valence-electron chi connectivity index (χ4n) is 11.5. The molecule has 3 N–H and O–H groups in total. The number of H-pyrrole nitrogens is 1. The Balaban J connectivity index is 0.619. The molecule has 0 bridgehead atoms. The number of allylic oxidation sites excluding steroid dienone is 1. The van der Waals surface area contributed by atoms with Gasteiger partial charge >= 0.3 is 0 Å². The third-order valence-corrected chi connectivity index (χ3v) is 15.7. The van der Waals surface area contributed by atoms with E-state index in [2.05, 4.69) is 56.9 Å². The molecule has 0 saturated carbocycles. The van der Waals surface area contributed by atoms with Gasteiger partial charge in [0.05, 0.1) is 28.3 Å². The molecule has 3 aromatic heterocycles. The molecule has 9 heterocycles. The summed E-state index contributed by atoms with van der Waals surface area (Å²) in [6.45, 7) is 13.8. The van der Waals surface area contributed by atoms with Gasteiger partial charge in [-0.3, -0.25) is 44.2 Å². The number of fused-ring (bicyclic) bond motifs is 3. The second-order valence-corrected chi connectivity index (χ2v) is 19.8. The molecule has 20 nitrogen and oxygen atoms in total. The van der Waals surface area contributed by atoms with E-state index in [0.717, 1.165) is 128 Å². The van der Waals surface area contributed by atoms with Gasteiger partial charge in [0, 0.05) is 100 Å². The summed E-state index contributed by atoms with van der Waals surface area (Å²) in [5.41, 5.74) is 6.28. The summed E-state index contributed by atoms with van der Waals surface area (Å²) < 4.78 is 1.65. The van der Waals surface area contributed by atoms with Gasteiger partial charge in [0.2, 0.25) is 17.8 Å². The maximum absolute atomic E-state index is 13.7. The maximum atomic E-state index is 13.7. The van der Waals surface area contributed by atoms with Gasteiger partial charge in [-0.15, -0.1) is 0 Å². The maximum Gasteiger partial charge on any atom is 0.262 e. The van der Waals surface area contributed by atoms with Crippen LogP contribution in [0, 0.1) is 11.8 Å². The number of hydrogen-bond donors (Lipinski definition) is 3. The first kappa shape index (κ1) is 45.4. The van der Waals surface area contributed by atoms with Crippen LogP contribution in [-0.4, -0.2) is 158 Å². The van der Waals surface area contributed by atoms with Crippen LogP contribution in [0.4, 0.5) is 23.1 Å². The first-order chi connectivity index (χ1) is 34.0. The zero-order chi connectivity index (χ0) is 48.2. The number of piperazine rings is 1. The zero-order valence-electron chi connectivity index (χ0n) is 39.9. The fraction of sp³-hybridized carbons (Fsp3) is 0.480. The van der Waals surface area contributed by atoms with Crippen molar-refractivity contribution in [3.05, 3.63) is 77.1 Å². The molecule has 0 aliphatic carbocycles. The molecule has 11 rings (SSSR count). The van der Waals surface area contributed by atoms with Gasteiger partial charge < -0.3 is 24.9 Å². The second kappa shape index (κ2) is 18.7. The number of nitrogens with zero attached hydrogens (tertiary/aromatic N) is 12. The van der Waals surface area contributed by atoms with Gasteiger partial charge in [-0.1, -0.05) is 5.10 Å². The highest BCUT2D eigenvalue weighted by Crippen LogP contribution is 2.37. The molecule has 1 unspecified atom stereocenters. The first-order valence-corrected chi connectivity index (χ1v) is 24.8. The van der Waals surface area contributed by atoms with E-state index in [0.29, 0.717) is 34.3 Å². The highest BCUT2D eigenvalue weighted by molar-refractivity contribution is 6.23. The summed E-state index contributed by atoms with van der Waals surface area (Å²) in [4.78, 5) is 82.0. The number of benzene rings is 2. The van der Waals surface area contributed by atoms with Crippen LogP contribution in [-0.2, 0) is 14.4 Å². The summed E-state index contributed by atoms with van der Waals surface area (Å²) in [6, 6.07) is 14.0. The minimum Gasteiger partial charge on any atom is -0.371 e. The molecule has 364 valence electrons. The predicted octanol–water partition coefficient (Wildman–Crippen LogP) is 4.08. The van der Waals surface area contributed by atoms with Crippen molar-refractivity contribution in [1.82, 2.24) is 55.4 Å². The van der Waals surface area contributed by atoms with E-state index in [1.807, 2.05) is 68.4 Å². The zero-order valence-corrected chi connectivity index (χ0v) is 39.9. The van der Waals surface area contributed by atoms with Crippen molar-refractivity contribution < 1.29 is 24.0 Å². The molecule has 70 heavy (non-hydrogen) atoms. The van der Waals surface area contributed by atoms with E-state index in [1.54, 1.807) is 10.7 Å². The molecule has 2 atom stereocenters. The van der Waals surface area contributed by atoms with Crippen molar-refractivity contribution in [1.29, 1.82) is 0 Å². The number of imide groups is 2. The SMILES string of the molecule is CC1=C(C(=O)Nc2ccc3[nH]nc(-c4ccnc(N5CCN(CCN6CCC(CC7CCN(c8ccc9c(c8)C(=O)N(C8CCC(=O)NC8=O)C9=O)CC7)CC6)CC5)c4)c3c2)[C@@H](C)n2nnnc2N1C. The molecule has 4 fully saturated rings. The number of hydrogen-bond acceptors (Lipinski definition) is 15. The van der Waals surface area contributed by atoms with Gasteiger partial charge in [-0.2, -0.15) is 5.10 Å². The Morgan fingerprint density at radius 3 is 2.29 bits per heavy atom. The van der Waals surface area contributed by atoms with Crippen LogP contribution in [0.25, 0.3) is 22.2 Å². The van der Waals surface area contributed by atoms with Crippen molar-refractivity contribution in [3.63, 3.8) is 0 Å².